The van der Waals surface area contributed by atoms with Crippen molar-refractivity contribution < 1.29 is 27.9 Å². The minimum atomic E-state index is -4.08. The molecule has 0 unspecified atom stereocenters. The average molecular weight is 302 g/mol. The fourth-order valence-corrected chi connectivity index (χ4v) is 2.67. The lowest BCUT2D eigenvalue weighted by Gasteiger charge is -2.09. The molecule has 0 bridgehead atoms. The average Bonchev–Trinajstić information content (AvgIpc) is 2.37. The van der Waals surface area contributed by atoms with Crippen molar-refractivity contribution in [2.45, 2.75) is 11.3 Å². The molecule has 8 nitrogen and oxygen atoms in total. The van der Waals surface area contributed by atoms with Crippen LogP contribution in [0.5, 0.6) is 0 Å². The SMILES string of the molecule is COC(=O)CCNS(=O)(=O)c1cc(N)ccc1C(=O)O. The minimum absolute atomic E-state index is 0.114. The van der Waals surface area contributed by atoms with Gasteiger partial charge in [-0.25, -0.2) is 17.9 Å². The second-order valence-corrected chi connectivity index (χ2v) is 5.52. The molecule has 0 aliphatic heterocycles. The van der Waals surface area contributed by atoms with Gasteiger partial charge in [0.05, 0.1) is 24.0 Å². The van der Waals surface area contributed by atoms with E-state index in [1.807, 2.05) is 0 Å². The van der Waals surface area contributed by atoms with Gasteiger partial charge in [0.1, 0.15) is 0 Å². The molecule has 0 atom stereocenters. The van der Waals surface area contributed by atoms with E-state index in [9.17, 15) is 18.0 Å². The van der Waals surface area contributed by atoms with Crippen molar-refractivity contribution in [2.75, 3.05) is 19.4 Å². The highest BCUT2D eigenvalue weighted by Gasteiger charge is 2.22. The number of hydrogen-bond acceptors (Lipinski definition) is 6. The van der Waals surface area contributed by atoms with Gasteiger partial charge >= 0.3 is 11.9 Å². The van der Waals surface area contributed by atoms with Gasteiger partial charge in [-0.3, -0.25) is 4.79 Å². The number of sulfonamides is 1. The van der Waals surface area contributed by atoms with Gasteiger partial charge in [0.25, 0.3) is 0 Å². The molecule has 0 aromatic heterocycles. The second-order valence-electron chi connectivity index (χ2n) is 3.78. The predicted molar refractivity (Wildman–Crippen MR) is 69.6 cm³/mol. The molecule has 0 aliphatic carbocycles. The Hall–Kier alpha value is -2.13. The summed E-state index contributed by atoms with van der Waals surface area (Å²) in [5.41, 5.74) is 5.18. The van der Waals surface area contributed by atoms with Crippen LogP contribution >= 0.6 is 0 Å². The van der Waals surface area contributed by atoms with Crippen molar-refractivity contribution in [1.82, 2.24) is 4.72 Å². The molecule has 110 valence electrons. The van der Waals surface area contributed by atoms with Crippen LogP contribution in [0.25, 0.3) is 0 Å². The summed E-state index contributed by atoms with van der Waals surface area (Å²) < 4.78 is 30.5. The minimum Gasteiger partial charge on any atom is -0.478 e. The van der Waals surface area contributed by atoms with Crippen LogP contribution < -0.4 is 10.5 Å². The highest BCUT2D eigenvalue weighted by molar-refractivity contribution is 7.89. The van der Waals surface area contributed by atoms with Gasteiger partial charge in [-0.2, -0.15) is 0 Å². The highest BCUT2D eigenvalue weighted by atomic mass is 32.2. The molecule has 0 saturated carbocycles. The molecule has 0 heterocycles. The van der Waals surface area contributed by atoms with E-state index in [2.05, 4.69) is 9.46 Å². The maximum atomic E-state index is 12.0. The number of nitrogens with two attached hydrogens (primary N) is 1. The molecule has 9 heteroatoms. The van der Waals surface area contributed by atoms with E-state index in [0.29, 0.717) is 0 Å². The van der Waals surface area contributed by atoms with Crippen molar-refractivity contribution in [2.24, 2.45) is 0 Å². The second kappa shape index (κ2) is 6.35. The molecule has 4 N–H and O–H groups in total. The maximum absolute atomic E-state index is 12.0. The van der Waals surface area contributed by atoms with E-state index in [1.54, 1.807) is 0 Å². The van der Waals surface area contributed by atoms with Crippen molar-refractivity contribution in [3.8, 4) is 0 Å². The van der Waals surface area contributed by atoms with Crippen LogP contribution in [0, 0.1) is 0 Å². The summed E-state index contributed by atoms with van der Waals surface area (Å²) in [6, 6.07) is 3.44. The Kier molecular flexibility index (Phi) is 5.06. The zero-order valence-corrected chi connectivity index (χ0v) is 11.4. The van der Waals surface area contributed by atoms with Crippen LogP contribution in [-0.4, -0.2) is 39.1 Å². The predicted octanol–water partition coefficient (Wildman–Crippen LogP) is -0.192. The van der Waals surface area contributed by atoms with Gasteiger partial charge in [0.2, 0.25) is 10.0 Å². The van der Waals surface area contributed by atoms with Crippen LogP contribution in [-0.2, 0) is 19.6 Å². The number of nitrogens with one attached hydrogen (secondary N) is 1. The number of aromatic carboxylic acids is 1. The van der Waals surface area contributed by atoms with E-state index in [-0.39, 0.29) is 18.7 Å². The number of nitrogen functional groups attached to an aromatic ring is 1. The first kappa shape index (κ1) is 15.9. The molecule has 20 heavy (non-hydrogen) atoms. The number of esters is 1. The quantitative estimate of drug-likeness (QED) is 0.489. The Morgan fingerprint density at radius 2 is 2.05 bits per heavy atom. The summed E-state index contributed by atoms with van der Waals surface area (Å²) in [5.74, 6) is -1.97. The van der Waals surface area contributed by atoms with Gasteiger partial charge in [-0.05, 0) is 18.2 Å². The first-order valence-corrected chi connectivity index (χ1v) is 6.95. The topological polar surface area (TPSA) is 136 Å². The van der Waals surface area contributed by atoms with Crippen LogP contribution in [0.15, 0.2) is 23.1 Å². The molecule has 0 amide bonds. The van der Waals surface area contributed by atoms with Gasteiger partial charge in [0, 0.05) is 12.2 Å². The van der Waals surface area contributed by atoms with Gasteiger partial charge in [-0.1, -0.05) is 0 Å². The molecular weight excluding hydrogens is 288 g/mol. The number of carbonyl (C=O) groups excluding carboxylic acids is 1. The van der Waals surface area contributed by atoms with Crippen LogP contribution in [0.3, 0.4) is 0 Å². The first-order valence-electron chi connectivity index (χ1n) is 5.47. The zero-order chi connectivity index (χ0) is 15.3. The summed E-state index contributed by atoms with van der Waals surface area (Å²) in [7, 11) is -2.90. The third kappa shape index (κ3) is 3.93. The molecule has 0 saturated heterocycles. The number of carbonyl (C=O) groups is 2. The van der Waals surface area contributed by atoms with Crippen LogP contribution in [0.2, 0.25) is 0 Å². The van der Waals surface area contributed by atoms with Crippen molar-refractivity contribution in [3.63, 3.8) is 0 Å². The Morgan fingerprint density at radius 1 is 1.40 bits per heavy atom. The fraction of sp³-hybridized carbons (Fsp3) is 0.273. The van der Waals surface area contributed by atoms with E-state index in [1.165, 1.54) is 13.2 Å². The van der Waals surface area contributed by atoms with E-state index in [4.69, 9.17) is 10.8 Å². The Labute approximate surface area is 115 Å². The van der Waals surface area contributed by atoms with Gasteiger partial charge < -0.3 is 15.6 Å². The molecule has 1 aromatic carbocycles. The van der Waals surface area contributed by atoms with Crippen molar-refractivity contribution in [3.05, 3.63) is 23.8 Å². The summed E-state index contributed by atoms with van der Waals surface area (Å²) in [4.78, 5) is 21.4. The van der Waals surface area contributed by atoms with Crippen molar-refractivity contribution >= 4 is 27.6 Å². The number of ether oxygens (including phenoxy) is 1. The van der Waals surface area contributed by atoms with E-state index in [0.717, 1.165) is 12.1 Å². The summed E-state index contributed by atoms with van der Waals surface area (Å²) >= 11 is 0. The number of carboxylic acid groups (broad SMARTS) is 1. The van der Waals surface area contributed by atoms with Gasteiger partial charge in [-0.15, -0.1) is 0 Å². The van der Waals surface area contributed by atoms with Crippen molar-refractivity contribution in [1.29, 1.82) is 0 Å². The molecule has 0 fully saturated rings. The van der Waals surface area contributed by atoms with Gasteiger partial charge in [0.15, 0.2) is 0 Å². The largest absolute Gasteiger partial charge is 0.478 e. The molecule has 1 rings (SSSR count). The number of methoxy groups -OCH3 is 1. The smallest absolute Gasteiger partial charge is 0.337 e. The number of carboxylic acids is 1. The van der Waals surface area contributed by atoms with Crippen LogP contribution in [0.1, 0.15) is 16.8 Å². The third-order valence-corrected chi connectivity index (χ3v) is 3.88. The lowest BCUT2D eigenvalue weighted by Crippen LogP contribution is -2.28. The monoisotopic (exact) mass is 302 g/mol. The fourth-order valence-electron chi connectivity index (χ4n) is 1.41. The van der Waals surface area contributed by atoms with E-state index < -0.39 is 32.4 Å². The normalized spacial score (nSPS) is 11.1. The molecule has 0 spiro atoms. The molecule has 0 aliphatic rings. The summed E-state index contributed by atoms with van der Waals surface area (Å²) in [6.07, 6.45) is -0.166. The highest BCUT2D eigenvalue weighted by Crippen LogP contribution is 2.19. The number of benzene rings is 1. The lowest BCUT2D eigenvalue weighted by atomic mass is 10.2. The summed E-state index contributed by atoms with van der Waals surface area (Å²) in [5, 5.41) is 8.96. The molecule has 0 radical (unpaired) electrons. The first-order chi connectivity index (χ1) is 9.27. The lowest BCUT2D eigenvalue weighted by molar-refractivity contribution is -0.140. The Morgan fingerprint density at radius 3 is 2.60 bits per heavy atom. The number of hydrogen-bond donors (Lipinski definition) is 3. The number of anilines is 1. The molecule has 1 aromatic rings. The third-order valence-electron chi connectivity index (χ3n) is 2.37. The maximum Gasteiger partial charge on any atom is 0.337 e. The van der Waals surface area contributed by atoms with E-state index >= 15 is 0 Å². The zero-order valence-electron chi connectivity index (χ0n) is 10.6. The Balaban J connectivity index is 3.00. The Bertz CT molecular complexity index is 626. The van der Waals surface area contributed by atoms with Crippen LogP contribution in [0.4, 0.5) is 5.69 Å². The molecular formula is C11H14N2O6S. The number of rotatable bonds is 6. The summed E-state index contributed by atoms with van der Waals surface area (Å²) in [6.45, 7) is -0.205. The standard InChI is InChI=1S/C11H14N2O6S/c1-19-10(14)4-5-13-20(17,18)9-6-7(12)2-3-8(9)11(15)16/h2-3,6,13H,4-5,12H2,1H3,(H,15,16).